The van der Waals surface area contributed by atoms with Gasteiger partial charge in [-0.2, -0.15) is 9.03 Å². The number of hydrogen-bond donors (Lipinski definition) is 0. The lowest BCUT2D eigenvalue weighted by molar-refractivity contribution is 0.0862. The Labute approximate surface area is 356 Å². The molecule has 0 saturated heterocycles. The third-order valence-electron chi connectivity index (χ3n) is 13.8. The highest BCUT2D eigenvalue weighted by molar-refractivity contribution is 7.93. The van der Waals surface area contributed by atoms with E-state index in [2.05, 4.69) is 0 Å². The van der Waals surface area contributed by atoms with E-state index < -0.39 is 29.8 Å². The van der Waals surface area contributed by atoms with Crippen molar-refractivity contribution in [2.24, 2.45) is 18.1 Å². The average molecular weight is 909 g/mol. The Morgan fingerprint density at radius 2 is 0.431 bits per heavy atom. The number of rotatable bonds is 14. The van der Waals surface area contributed by atoms with Crippen LogP contribution in [0.25, 0.3) is 0 Å². The zero-order chi connectivity index (χ0) is 39.6. The molecule has 7 saturated carbocycles. The van der Waals surface area contributed by atoms with Gasteiger partial charge in [0.1, 0.15) is 0 Å². The molecule has 8 aliphatic rings. The lowest BCUT2D eigenvalue weighted by Gasteiger charge is -2.40. The van der Waals surface area contributed by atoms with Crippen LogP contribution < -0.4 is 0 Å². The van der Waals surface area contributed by atoms with Crippen molar-refractivity contribution in [3.63, 3.8) is 0 Å². The van der Waals surface area contributed by atoms with Crippen molar-refractivity contribution in [3.05, 3.63) is 0 Å². The summed E-state index contributed by atoms with van der Waals surface area (Å²) in [7, 11) is -10.9. The zero-order valence-corrected chi connectivity index (χ0v) is 39.9. The quantitative estimate of drug-likeness (QED) is 0.159. The molecule has 334 valence electrons. The smallest absolute Gasteiger partial charge is 0.312 e. The van der Waals surface area contributed by atoms with Gasteiger partial charge in [0.2, 0.25) is 0 Å². The van der Waals surface area contributed by atoms with E-state index in [-0.39, 0.29) is 42.7 Å². The molecule has 0 radical (unpaired) electrons. The van der Waals surface area contributed by atoms with E-state index in [1.165, 1.54) is 44.9 Å². The predicted octanol–water partition coefficient (Wildman–Crippen LogP) is 17.5. The molecule has 1 heterocycles. The molecule has 7 aliphatic carbocycles. The van der Waals surface area contributed by atoms with Crippen molar-refractivity contribution >= 4 is 41.0 Å². The maximum atomic E-state index is 8.10. The van der Waals surface area contributed by atoms with E-state index in [9.17, 15) is 0 Å². The van der Waals surface area contributed by atoms with Gasteiger partial charge in [-0.25, -0.2) is 0 Å². The monoisotopic (exact) mass is 908 g/mol. The Hall–Kier alpha value is 0.930. The largest absolute Gasteiger partial charge is 0.349 e. The van der Waals surface area contributed by atoms with E-state index >= 15 is 0 Å². The second kappa shape index (κ2) is 22.2. The minimum absolute atomic E-state index is 0.0517. The highest BCUT2D eigenvalue weighted by Gasteiger charge is 2.48. The van der Waals surface area contributed by atoms with Gasteiger partial charge in [0.15, 0.2) is 0 Å². The van der Waals surface area contributed by atoms with Crippen molar-refractivity contribution in [3.8, 4) is 0 Å². The summed E-state index contributed by atoms with van der Waals surface area (Å²) in [4.78, 5) is 0. The highest BCUT2D eigenvalue weighted by Crippen LogP contribution is 2.84. The molecule has 0 aromatic heterocycles. The van der Waals surface area contributed by atoms with Crippen LogP contribution in [-0.4, -0.2) is 42.7 Å². The van der Waals surface area contributed by atoms with Crippen molar-refractivity contribution in [2.75, 3.05) is 0 Å². The SMILES string of the molecule is ClP1(OC2CCCCC2)=NP(OC2CCCCC2)(OC2CCCCC2)=NP(OC2CCCCC2)(OC2CCCCC2)=NP(OC2CCCCC2)(OC2CCCCC2)=N1. The molecule has 11 nitrogen and oxygen atoms in total. The van der Waals surface area contributed by atoms with Gasteiger partial charge < -0.3 is 31.7 Å². The summed E-state index contributed by atoms with van der Waals surface area (Å²) in [5.41, 5.74) is 0. The molecule has 0 N–H and O–H groups in total. The van der Waals surface area contributed by atoms with Crippen LogP contribution in [0.15, 0.2) is 18.1 Å². The van der Waals surface area contributed by atoms with Crippen molar-refractivity contribution in [1.82, 2.24) is 0 Å². The van der Waals surface area contributed by atoms with Gasteiger partial charge >= 0.3 is 29.8 Å². The predicted molar refractivity (Wildman–Crippen MR) is 239 cm³/mol. The first-order valence-electron chi connectivity index (χ1n) is 24.4. The fourth-order valence-electron chi connectivity index (χ4n) is 10.6. The molecular weight excluding hydrogens is 832 g/mol. The molecule has 1 aliphatic heterocycles. The van der Waals surface area contributed by atoms with Crippen molar-refractivity contribution in [2.45, 2.75) is 267 Å². The van der Waals surface area contributed by atoms with Gasteiger partial charge in [-0.15, -0.1) is 9.03 Å². The lowest BCUT2D eigenvalue weighted by Crippen LogP contribution is -2.23. The molecule has 0 amide bonds. The van der Waals surface area contributed by atoms with Gasteiger partial charge in [0.25, 0.3) is 0 Å². The number of nitrogens with zero attached hydrogens (tertiary/aromatic N) is 4. The van der Waals surface area contributed by atoms with Crippen LogP contribution in [0.3, 0.4) is 0 Å². The summed E-state index contributed by atoms with van der Waals surface area (Å²) in [5.74, 6) is 0. The molecule has 58 heavy (non-hydrogen) atoms. The van der Waals surface area contributed by atoms with Gasteiger partial charge in [-0.1, -0.05) is 135 Å². The van der Waals surface area contributed by atoms with E-state index in [0.29, 0.717) is 0 Å². The molecule has 16 heteroatoms. The molecule has 7 fully saturated rings. The Balaban J connectivity index is 1.37. The van der Waals surface area contributed by atoms with Gasteiger partial charge in [0, 0.05) is 0 Å². The molecule has 8 rings (SSSR count). The second-order valence-electron chi connectivity index (χ2n) is 18.9. The normalized spacial score (nSPS) is 31.9. The lowest BCUT2D eigenvalue weighted by atomic mass is 9.98. The fraction of sp³-hybridized carbons (Fsp3) is 1.00. The molecule has 1 atom stereocenters. The molecule has 0 aromatic carbocycles. The standard InChI is InChI=1S/C42H77ClN4O7P4/c43-55(48-36-22-8-1-9-23-36)44-56(49-37-24-10-2-11-25-37,50-38-26-12-3-13-27-38)46-58(53-41-32-18-6-19-33-41,54-42-34-20-7-21-35-42)47-57(45-55,51-39-28-14-4-15-29-39)52-40-30-16-5-17-31-40/h36-42H,1-35H2. The van der Waals surface area contributed by atoms with Crippen molar-refractivity contribution in [1.29, 1.82) is 0 Å². The number of halogens is 1. The average Bonchev–Trinajstić information content (AvgIpc) is 3.22. The zero-order valence-electron chi connectivity index (χ0n) is 35.6. The van der Waals surface area contributed by atoms with E-state index in [1.807, 2.05) is 0 Å². The molecular formula is C42H77ClN4O7P4. The summed E-state index contributed by atoms with van der Waals surface area (Å²) in [6.45, 7) is -3.62. The van der Waals surface area contributed by atoms with Gasteiger partial charge in [0.05, 0.1) is 42.7 Å². The summed E-state index contributed by atoms with van der Waals surface area (Å²) in [6.07, 6.45) is 36.8. The summed E-state index contributed by atoms with van der Waals surface area (Å²) < 4.78 is 75.3. The maximum absolute atomic E-state index is 8.10. The van der Waals surface area contributed by atoms with Crippen LogP contribution in [0.5, 0.6) is 0 Å². The Kier molecular flexibility index (Phi) is 17.4. The van der Waals surface area contributed by atoms with E-state index in [0.717, 1.165) is 180 Å². The summed E-state index contributed by atoms with van der Waals surface area (Å²) in [5, 5.41) is 0. The van der Waals surface area contributed by atoms with Crippen LogP contribution in [0.4, 0.5) is 0 Å². The third kappa shape index (κ3) is 13.3. The van der Waals surface area contributed by atoms with Crippen LogP contribution in [0.2, 0.25) is 0 Å². The first kappa shape index (κ1) is 45.5. The Morgan fingerprint density at radius 1 is 0.241 bits per heavy atom. The molecule has 0 spiro atoms. The highest BCUT2D eigenvalue weighted by atomic mass is 35.7. The molecule has 1 unspecified atom stereocenters. The van der Waals surface area contributed by atoms with Gasteiger partial charge in [-0.05, 0) is 101 Å². The van der Waals surface area contributed by atoms with Crippen molar-refractivity contribution < 1.29 is 31.7 Å². The fourth-order valence-corrected chi connectivity index (χ4v) is 25.5. The van der Waals surface area contributed by atoms with E-state index in [1.54, 1.807) is 0 Å². The van der Waals surface area contributed by atoms with E-state index in [4.69, 9.17) is 61.0 Å². The van der Waals surface area contributed by atoms with Crippen LogP contribution in [-0.2, 0) is 31.7 Å². The molecule has 0 aromatic rings. The minimum Gasteiger partial charge on any atom is -0.312 e. The van der Waals surface area contributed by atoms with Crippen LogP contribution in [0, 0.1) is 0 Å². The maximum Gasteiger partial charge on any atom is 0.349 e. The first-order valence-corrected chi connectivity index (χ1v) is 31.5. The third-order valence-corrected chi connectivity index (χ3v) is 26.4. The second-order valence-corrected chi connectivity index (χ2v) is 28.4. The van der Waals surface area contributed by atoms with Gasteiger partial charge in [-0.3, -0.25) is 0 Å². The topological polar surface area (TPSA) is 114 Å². The summed E-state index contributed by atoms with van der Waals surface area (Å²) in [6, 6.07) is 0. The van der Waals surface area contributed by atoms with Crippen LogP contribution >= 0.6 is 41.0 Å². The summed E-state index contributed by atoms with van der Waals surface area (Å²) >= 11 is 8.10. The number of hydrogen-bond acceptors (Lipinski definition) is 11. The first-order chi connectivity index (χ1) is 28.4. The Bertz CT molecular complexity index is 1400. The minimum atomic E-state index is -3.65. The molecule has 0 bridgehead atoms. The van der Waals surface area contributed by atoms with Crippen LogP contribution in [0.1, 0.15) is 225 Å². The Morgan fingerprint density at radius 3 is 0.672 bits per heavy atom.